The van der Waals surface area contributed by atoms with E-state index in [-0.39, 0.29) is 0 Å². The molecule has 1 N–H and O–H groups in total. The van der Waals surface area contributed by atoms with Gasteiger partial charge in [-0.3, -0.25) is 4.31 Å². The molecule has 2 aromatic carbocycles. The molecule has 0 saturated carbocycles. The molecule has 0 amide bonds. The van der Waals surface area contributed by atoms with Gasteiger partial charge in [-0.2, -0.15) is 0 Å². The Hall–Kier alpha value is -2.58. The van der Waals surface area contributed by atoms with Crippen LogP contribution in [0.5, 0.6) is 5.75 Å². The Labute approximate surface area is 168 Å². The van der Waals surface area contributed by atoms with Crippen molar-refractivity contribution in [1.29, 1.82) is 0 Å². The number of rotatable bonds is 5. The topological polar surface area (TPSA) is 71.5 Å². The summed E-state index contributed by atoms with van der Waals surface area (Å²) >= 11 is 1.53. The van der Waals surface area contributed by atoms with Crippen LogP contribution in [0, 0.1) is 0 Å². The molecule has 146 valence electrons. The average molecular weight is 416 g/mol. The Balaban J connectivity index is 1.57. The minimum Gasteiger partial charge on any atom is -0.497 e. The van der Waals surface area contributed by atoms with Crippen molar-refractivity contribution in [3.05, 3.63) is 53.4 Å². The van der Waals surface area contributed by atoms with Crippen molar-refractivity contribution < 1.29 is 13.2 Å². The van der Waals surface area contributed by atoms with Gasteiger partial charge in [0, 0.05) is 23.2 Å². The van der Waals surface area contributed by atoms with Crippen molar-refractivity contribution in [2.75, 3.05) is 29.5 Å². The zero-order valence-corrected chi connectivity index (χ0v) is 17.3. The standard InChI is InChI=1S/C20H21N3O3S2/c1-26-17-8-6-16(7-9-17)21-20-22-18(13-27-20)14-5-10-19-15(12-14)4-3-11-23(19)28(2,24)25/h5-10,12-13H,3-4,11H2,1-2H3,(H,21,22). The molecular weight excluding hydrogens is 394 g/mol. The van der Waals surface area contributed by atoms with Crippen LogP contribution in [0.2, 0.25) is 0 Å². The molecule has 6 nitrogen and oxygen atoms in total. The van der Waals surface area contributed by atoms with E-state index in [2.05, 4.69) is 16.4 Å². The third kappa shape index (κ3) is 3.83. The van der Waals surface area contributed by atoms with E-state index < -0.39 is 10.0 Å². The third-order valence-corrected chi connectivity index (χ3v) is 6.63. The van der Waals surface area contributed by atoms with Crippen LogP contribution >= 0.6 is 11.3 Å². The molecule has 0 fully saturated rings. The fourth-order valence-electron chi connectivity index (χ4n) is 3.33. The van der Waals surface area contributed by atoms with Crippen LogP contribution < -0.4 is 14.4 Å². The van der Waals surface area contributed by atoms with Crippen molar-refractivity contribution in [2.45, 2.75) is 12.8 Å². The van der Waals surface area contributed by atoms with Gasteiger partial charge in [0.1, 0.15) is 5.75 Å². The number of sulfonamides is 1. The summed E-state index contributed by atoms with van der Waals surface area (Å²) in [4.78, 5) is 4.68. The molecule has 28 heavy (non-hydrogen) atoms. The smallest absolute Gasteiger partial charge is 0.232 e. The number of hydrogen-bond donors (Lipinski definition) is 1. The van der Waals surface area contributed by atoms with Crippen LogP contribution in [0.4, 0.5) is 16.5 Å². The van der Waals surface area contributed by atoms with Gasteiger partial charge in [0.2, 0.25) is 10.0 Å². The Morgan fingerprint density at radius 3 is 2.68 bits per heavy atom. The predicted octanol–water partition coefficient (Wildman–Crippen LogP) is 4.27. The fourth-order valence-corrected chi connectivity index (χ4v) is 5.06. The van der Waals surface area contributed by atoms with Crippen molar-refractivity contribution in [3.8, 4) is 17.0 Å². The maximum Gasteiger partial charge on any atom is 0.232 e. The van der Waals surface area contributed by atoms with Gasteiger partial charge in [-0.15, -0.1) is 11.3 Å². The molecule has 0 spiro atoms. The number of thiazole rings is 1. The van der Waals surface area contributed by atoms with Crippen LogP contribution in [-0.2, 0) is 16.4 Å². The molecule has 4 rings (SSSR count). The third-order valence-electron chi connectivity index (χ3n) is 4.70. The number of methoxy groups -OCH3 is 1. The minimum absolute atomic E-state index is 0.539. The summed E-state index contributed by atoms with van der Waals surface area (Å²) in [7, 11) is -1.61. The molecule has 1 aromatic heterocycles. The van der Waals surface area contributed by atoms with Crippen LogP contribution in [0.1, 0.15) is 12.0 Å². The molecule has 1 aliphatic heterocycles. The maximum absolute atomic E-state index is 12.0. The quantitative estimate of drug-likeness (QED) is 0.674. The fraction of sp³-hybridized carbons (Fsp3) is 0.250. The number of hydrogen-bond acceptors (Lipinski definition) is 6. The van der Waals surface area contributed by atoms with E-state index in [0.29, 0.717) is 6.54 Å². The number of aromatic nitrogens is 1. The van der Waals surface area contributed by atoms with Crippen LogP contribution in [0.15, 0.2) is 47.8 Å². The monoisotopic (exact) mass is 415 g/mol. The molecule has 0 bridgehead atoms. The number of benzene rings is 2. The molecule has 0 unspecified atom stereocenters. The van der Waals surface area contributed by atoms with Gasteiger partial charge in [-0.1, -0.05) is 6.07 Å². The molecular formula is C20H21N3O3S2. The average Bonchev–Trinajstić information content (AvgIpc) is 3.15. The number of fused-ring (bicyclic) bond motifs is 1. The zero-order chi connectivity index (χ0) is 19.7. The van der Waals surface area contributed by atoms with Crippen LogP contribution in [-0.4, -0.2) is 33.3 Å². The summed E-state index contributed by atoms with van der Waals surface area (Å²) in [6.07, 6.45) is 2.95. The lowest BCUT2D eigenvalue weighted by Gasteiger charge is -2.29. The highest BCUT2D eigenvalue weighted by molar-refractivity contribution is 7.92. The van der Waals surface area contributed by atoms with Gasteiger partial charge in [0.15, 0.2) is 5.13 Å². The van der Waals surface area contributed by atoms with E-state index in [1.54, 1.807) is 7.11 Å². The first-order chi connectivity index (χ1) is 13.4. The first kappa shape index (κ1) is 18.8. The summed E-state index contributed by atoms with van der Waals surface area (Å²) in [5.74, 6) is 0.808. The van der Waals surface area contributed by atoms with Crippen molar-refractivity contribution >= 4 is 37.9 Å². The van der Waals surface area contributed by atoms with E-state index in [0.717, 1.165) is 51.9 Å². The second kappa shape index (κ2) is 7.44. The number of nitrogens with zero attached hydrogens (tertiary/aromatic N) is 2. The summed E-state index contributed by atoms with van der Waals surface area (Å²) in [5.41, 5.74) is 4.64. The lowest BCUT2D eigenvalue weighted by atomic mass is 10.00. The molecule has 0 radical (unpaired) electrons. The molecule has 3 aromatic rings. The van der Waals surface area contributed by atoms with E-state index in [1.165, 1.54) is 21.9 Å². The second-order valence-corrected chi connectivity index (χ2v) is 9.44. The molecule has 0 aliphatic carbocycles. The van der Waals surface area contributed by atoms with E-state index in [4.69, 9.17) is 4.74 Å². The highest BCUT2D eigenvalue weighted by Crippen LogP contribution is 2.34. The summed E-state index contributed by atoms with van der Waals surface area (Å²) in [5, 5.41) is 6.11. The summed E-state index contributed by atoms with van der Waals surface area (Å²) in [6, 6.07) is 13.6. The van der Waals surface area contributed by atoms with Gasteiger partial charge in [0.25, 0.3) is 0 Å². The number of aryl methyl sites for hydroxylation is 1. The maximum atomic E-state index is 12.0. The number of nitrogens with one attached hydrogen (secondary N) is 1. The summed E-state index contributed by atoms with van der Waals surface area (Å²) in [6.45, 7) is 0.539. The minimum atomic E-state index is -3.25. The van der Waals surface area contributed by atoms with Crippen LogP contribution in [0.25, 0.3) is 11.3 Å². The molecule has 0 atom stereocenters. The summed E-state index contributed by atoms with van der Waals surface area (Å²) < 4.78 is 30.7. The van der Waals surface area contributed by atoms with Gasteiger partial charge in [-0.05, 0) is 54.8 Å². The van der Waals surface area contributed by atoms with E-state index >= 15 is 0 Å². The van der Waals surface area contributed by atoms with E-state index in [9.17, 15) is 8.42 Å². The first-order valence-corrected chi connectivity index (χ1v) is 11.6. The first-order valence-electron chi connectivity index (χ1n) is 8.92. The molecule has 0 saturated heterocycles. The van der Waals surface area contributed by atoms with Gasteiger partial charge < -0.3 is 10.1 Å². The Morgan fingerprint density at radius 1 is 1.18 bits per heavy atom. The van der Waals surface area contributed by atoms with Crippen molar-refractivity contribution in [3.63, 3.8) is 0 Å². The van der Waals surface area contributed by atoms with Gasteiger partial charge in [-0.25, -0.2) is 13.4 Å². The second-order valence-electron chi connectivity index (χ2n) is 6.67. The van der Waals surface area contributed by atoms with Gasteiger partial charge in [0.05, 0.1) is 24.7 Å². The Morgan fingerprint density at radius 2 is 1.96 bits per heavy atom. The molecule has 8 heteroatoms. The van der Waals surface area contributed by atoms with Crippen molar-refractivity contribution in [1.82, 2.24) is 4.98 Å². The highest BCUT2D eigenvalue weighted by atomic mass is 32.2. The lowest BCUT2D eigenvalue weighted by Crippen LogP contribution is -2.34. The highest BCUT2D eigenvalue weighted by Gasteiger charge is 2.24. The predicted molar refractivity (Wildman–Crippen MR) is 114 cm³/mol. The lowest BCUT2D eigenvalue weighted by molar-refractivity contribution is 0.415. The Bertz CT molecular complexity index is 1090. The van der Waals surface area contributed by atoms with E-state index in [1.807, 2.05) is 41.8 Å². The zero-order valence-electron chi connectivity index (χ0n) is 15.7. The van der Waals surface area contributed by atoms with Crippen LogP contribution in [0.3, 0.4) is 0 Å². The Kier molecular flexibility index (Phi) is 4.99. The number of ether oxygens (including phenoxy) is 1. The SMILES string of the molecule is COc1ccc(Nc2nc(-c3ccc4c(c3)CCCN4S(C)(=O)=O)cs2)cc1. The number of anilines is 3. The largest absolute Gasteiger partial charge is 0.497 e. The van der Waals surface area contributed by atoms with Gasteiger partial charge >= 0.3 is 0 Å². The van der Waals surface area contributed by atoms with Crippen molar-refractivity contribution in [2.24, 2.45) is 0 Å². The molecule has 1 aliphatic rings. The molecule has 2 heterocycles. The normalized spacial score (nSPS) is 13.9.